The highest BCUT2D eigenvalue weighted by Crippen LogP contribution is 2.32. The third kappa shape index (κ3) is 5.29. The lowest BCUT2D eigenvalue weighted by molar-refractivity contribution is 0.616. The van der Waals surface area contributed by atoms with Crippen molar-refractivity contribution in [1.82, 2.24) is 49.1 Å². The Morgan fingerprint density at radius 3 is 2.02 bits per heavy atom. The van der Waals surface area contributed by atoms with Gasteiger partial charge >= 0.3 is 0 Å². The Balaban J connectivity index is 0.988. The van der Waals surface area contributed by atoms with Gasteiger partial charge in [0.05, 0.1) is 34.0 Å². The summed E-state index contributed by atoms with van der Waals surface area (Å²) in [6.45, 7) is 7.39. The van der Waals surface area contributed by atoms with Crippen molar-refractivity contribution in [1.29, 1.82) is 0 Å². The van der Waals surface area contributed by atoms with E-state index in [2.05, 4.69) is 50.4 Å². The van der Waals surface area contributed by atoms with E-state index in [1.807, 2.05) is 32.0 Å². The van der Waals surface area contributed by atoms with Crippen LogP contribution in [0.25, 0.3) is 55.1 Å². The number of hydrogen-bond donors (Lipinski definition) is 0. The van der Waals surface area contributed by atoms with Crippen LogP contribution in [-0.4, -0.2) is 49.1 Å². The average Bonchev–Trinajstić information content (AvgIpc) is 3.81. The molecule has 9 rings (SSSR count). The molecule has 256 valence electrons. The molecule has 3 aromatic carbocycles. The maximum atomic E-state index is 16.2. The van der Waals surface area contributed by atoms with E-state index in [-0.39, 0.29) is 16.5 Å². The second-order valence-corrected chi connectivity index (χ2v) is 13.2. The SMILES string of the molecule is Cc1ncc(C)n2nc(CCc3ccc4c(F)c(-c5nc(C)c6nc(CCc7ccc8ccc9ccccc9c8n7)nn6c5C)cc(F)c4n3)nc12. The zero-order valence-corrected chi connectivity index (χ0v) is 29.0. The van der Waals surface area contributed by atoms with Crippen molar-refractivity contribution in [3.05, 3.63) is 130 Å². The first-order valence-corrected chi connectivity index (χ1v) is 17.2. The van der Waals surface area contributed by atoms with E-state index in [9.17, 15) is 0 Å². The molecule has 9 aromatic rings. The minimum absolute atomic E-state index is 0.0357. The first kappa shape index (κ1) is 31.7. The topological polar surface area (TPSA) is 112 Å². The predicted octanol–water partition coefficient (Wildman–Crippen LogP) is 7.56. The largest absolute Gasteiger partial charge is 0.256 e. The summed E-state index contributed by atoms with van der Waals surface area (Å²) in [5, 5.41) is 12.8. The first-order chi connectivity index (χ1) is 25.2. The standard InChI is InChI=1S/C40H32F2N10/c1-21-20-43-22(2)39-47-33(49-51(21)39)17-15-28-13-16-30-35(42)31(19-32(41)38(30)46-28)36-24(4)52-40(23(3)44-36)48-34(50-52)18-14-27-12-11-26-10-9-25-7-5-6-8-29(25)37(26)45-27/h5-13,16,19-20H,14-15,17-18H2,1-4H3. The average molecular weight is 691 g/mol. The summed E-state index contributed by atoms with van der Waals surface area (Å²) in [4.78, 5) is 27.9. The number of aryl methyl sites for hydroxylation is 8. The maximum Gasteiger partial charge on any atom is 0.177 e. The van der Waals surface area contributed by atoms with E-state index >= 15 is 8.78 Å². The van der Waals surface area contributed by atoms with Crippen molar-refractivity contribution in [2.24, 2.45) is 0 Å². The van der Waals surface area contributed by atoms with Gasteiger partial charge in [-0.2, -0.15) is 10.2 Å². The van der Waals surface area contributed by atoms with Gasteiger partial charge in [0.25, 0.3) is 0 Å². The lowest BCUT2D eigenvalue weighted by atomic mass is 10.0. The molecule has 0 spiro atoms. The summed E-state index contributed by atoms with van der Waals surface area (Å²) in [6.07, 6.45) is 3.89. The normalized spacial score (nSPS) is 12.0. The fourth-order valence-electron chi connectivity index (χ4n) is 6.92. The number of hydrogen-bond acceptors (Lipinski definition) is 8. The van der Waals surface area contributed by atoms with Crippen LogP contribution in [0.1, 0.15) is 45.8 Å². The molecule has 0 saturated carbocycles. The third-order valence-corrected chi connectivity index (χ3v) is 9.70. The molecular weight excluding hydrogens is 659 g/mol. The van der Waals surface area contributed by atoms with E-state index < -0.39 is 11.6 Å². The van der Waals surface area contributed by atoms with Gasteiger partial charge < -0.3 is 0 Å². The minimum atomic E-state index is -0.634. The molecule has 0 aliphatic heterocycles. The highest BCUT2D eigenvalue weighted by atomic mass is 19.1. The second-order valence-electron chi connectivity index (χ2n) is 13.2. The zero-order valence-electron chi connectivity index (χ0n) is 29.0. The number of benzene rings is 3. The summed E-state index contributed by atoms with van der Waals surface area (Å²) in [5.74, 6) is 0.0178. The van der Waals surface area contributed by atoms with Gasteiger partial charge in [0.15, 0.2) is 22.9 Å². The van der Waals surface area contributed by atoms with Crippen molar-refractivity contribution in [2.75, 3.05) is 0 Å². The van der Waals surface area contributed by atoms with Crippen LogP contribution < -0.4 is 0 Å². The van der Waals surface area contributed by atoms with Gasteiger partial charge in [-0.3, -0.25) is 9.97 Å². The van der Waals surface area contributed by atoms with Crippen LogP contribution in [0, 0.1) is 39.3 Å². The molecule has 0 N–H and O–H groups in total. The second kappa shape index (κ2) is 12.2. The number of nitrogens with zero attached hydrogens (tertiary/aromatic N) is 10. The maximum absolute atomic E-state index is 16.2. The monoisotopic (exact) mass is 690 g/mol. The summed E-state index contributed by atoms with van der Waals surface area (Å²) in [5.41, 5.74) is 6.87. The highest BCUT2D eigenvalue weighted by Gasteiger charge is 2.22. The molecule has 10 nitrogen and oxygen atoms in total. The van der Waals surface area contributed by atoms with Crippen molar-refractivity contribution in [3.8, 4) is 11.3 Å². The summed E-state index contributed by atoms with van der Waals surface area (Å²) >= 11 is 0. The van der Waals surface area contributed by atoms with Crippen LogP contribution >= 0.6 is 0 Å². The first-order valence-electron chi connectivity index (χ1n) is 17.2. The van der Waals surface area contributed by atoms with Gasteiger partial charge in [0.2, 0.25) is 0 Å². The quantitative estimate of drug-likeness (QED) is 0.158. The molecule has 0 amide bonds. The van der Waals surface area contributed by atoms with Gasteiger partial charge in [-0.25, -0.2) is 37.7 Å². The van der Waals surface area contributed by atoms with Crippen LogP contribution in [0.5, 0.6) is 0 Å². The smallest absolute Gasteiger partial charge is 0.177 e. The molecule has 0 saturated heterocycles. The fourth-order valence-corrected chi connectivity index (χ4v) is 6.92. The Kier molecular flexibility index (Phi) is 7.42. The zero-order chi connectivity index (χ0) is 35.7. The molecule has 12 heteroatoms. The van der Waals surface area contributed by atoms with Crippen molar-refractivity contribution in [2.45, 2.75) is 53.4 Å². The molecule has 6 heterocycles. The van der Waals surface area contributed by atoms with Crippen molar-refractivity contribution in [3.63, 3.8) is 0 Å². The van der Waals surface area contributed by atoms with Gasteiger partial charge in [0.1, 0.15) is 17.2 Å². The number of pyridine rings is 2. The lowest BCUT2D eigenvalue weighted by Crippen LogP contribution is -2.05. The van der Waals surface area contributed by atoms with Crippen LogP contribution in [0.2, 0.25) is 0 Å². The number of fused-ring (bicyclic) bond motifs is 6. The molecule has 0 radical (unpaired) electrons. The molecule has 6 aromatic heterocycles. The van der Waals surface area contributed by atoms with Crippen LogP contribution in [0.4, 0.5) is 8.78 Å². The van der Waals surface area contributed by atoms with Gasteiger partial charge in [-0.15, -0.1) is 0 Å². The van der Waals surface area contributed by atoms with Crippen LogP contribution in [-0.2, 0) is 25.7 Å². The number of halogens is 2. The van der Waals surface area contributed by atoms with Gasteiger partial charge in [-0.05, 0) is 70.2 Å². The van der Waals surface area contributed by atoms with Crippen molar-refractivity contribution < 1.29 is 8.78 Å². The summed E-state index contributed by atoms with van der Waals surface area (Å²) < 4.78 is 35.4. The van der Waals surface area contributed by atoms with E-state index in [1.165, 1.54) is 6.07 Å². The van der Waals surface area contributed by atoms with Gasteiger partial charge in [-0.1, -0.05) is 42.5 Å². The highest BCUT2D eigenvalue weighted by molar-refractivity contribution is 6.05. The van der Waals surface area contributed by atoms with Crippen molar-refractivity contribution >= 4 is 43.9 Å². The van der Waals surface area contributed by atoms with E-state index in [0.29, 0.717) is 71.4 Å². The summed E-state index contributed by atoms with van der Waals surface area (Å²) in [7, 11) is 0. The van der Waals surface area contributed by atoms with Crippen LogP contribution in [0.15, 0.2) is 72.9 Å². The third-order valence-electron chi connectivity index (χ3n) is 9.70. The Hall–Kier alpha value is -6.30. The summed E-state index contributed by atoms with van der Waals surface area (Å²) in [6, 6.07) is 21.0. The molecule has 52 heavy (non-hydrogen) atoms. The van der Waals surface area contributed by atoms with E-state index in [1.54, 1.807) is 41.2 Å². The molecule has 0 unspecified atom stereocenters. The fraction of sp³-hybridized carbons (Fsp3) is 0.200. The van der Waals surface area contributed by atoms with E-state index in [4.69, 9.17) is 20.1 Å². The molecule has 0 aliphatic carbocycles. The molecular formula is C40H32F2N10. The number of aromatic nitrogens is 10. The molecule has 0 aliphatic rings. The lowest BCUT2D eigenvalue weighted by Gasteiger charge is -2.12. The Morgan fingerprint density at radius 1 is 0.596 bits per heavy atom. The van der Waals surface area contributed by atoms with E-state index in [0.717, 1.165) is 38.8 Å². The Labute approximate surface area is 296 Å². The molecule has 0 atom stereocenters. The molecule has 0 fully saturated rings. The predicted molar refractivity (Wildman–Crippen MR) is 195 cm³/mol. The Morgan fingerprint density at radius 2 is 1.25 bits per heavy atom. The molecule has 0 bridgehead atoms. The van der Waals surface area contributed by atoms with Gasteiger partial charge in [0, 0.05) is 52.1 Å². The van der Waals surface area contributed by atoms with Crippen LogP contribution in [0.3, 0.4) is 0 Å². The Bertz CT molecular complexity index is 2860. The minimum Gasteiger partial charge on any atom is -0.256 e. The number of rotatable bonds is 7.